The van der Waals surface area contributed by atoms with E-state index < -0.39 is 11.9 Å². The van der Waals surface area contributed by atoms with Crippen LogP contribution in [0.15, 0.2) is 24.5 Å². The van der Waals surface area contributed by atoms with E-state index in [9.17, 15) is 13.2 Å². The van der Waals surface area contributed by atoms with Crippen molar-refractivity contribution in [1.29, 1.82) is 0 Å². The van der Waals surface area contributed by atoms with E-state index >= 15 is 0 Å². The van der Waals surface area contributed by atoms with Gasteiger partial charge in [-0.15, -0.1) is 0 Å². The van der Waals surface area contributed by atoms with Gasteiger partial charge in [0.1, 0.15) is 11.5 Å². The topological polar surface area (TPSA) is 70.5 Å². The van der Waals surface area contributed by atoms with Crippen LogP contribution in [0.3, 0.4) is 0 Å². The minimum atomic E-state index is -4.49. The van der Waals surface area contributed by atoms with E-state index in [1.807, 2.05) is 18.0 Å². The molecule has 0 saturated carbocycles. The summed E-state index contributed by atoms with van der Waals surface area (Å²) in [5.41, 5.74) is -0.926. The van der Waals surface area contributed by atoms with Gasteiger partial charge in [-0.2, -0.15) is 18.2 Å². The van der Waals surface area contributed by atoms with E-state index in [4.69, 9.17) is 9.72 Å². The first-order chi connectivity index (χ1) is 14.4. The molecule has 2 aromatic rings. The van der Waals surface area contributed by atoms with Gasteiger partial charge in [-0.05, 0) is 25.0 Å². The number of rotatable bonds is 4. The average Bonchev–Trinajstić information content (AvgIpc) is 2.79. The van der Waals surface area contributed by atoms with Crippen LogP contribution in [-0.4, -0.2) is 72.4 Å². The highest BCUT2D eigenvalue weighted by Crippen LogP contribution is 2.29. The highest BCUT2D eigenvalue weighted by molar-refractivity contribution is 5.45. The van der Waals surface area contributed by atoms with E-state index in [0.717, 1.165) is 44.0 Å². The molecule has 8 nitrogen and oxygen atoms in total. The lowest BCUT2D eigenvalue weighted by Gasteiger charge is -2.38. The fourth-order valence-electron chi connectivity index (χ4n) is 3.75. The number of aromatic nitrogens is 4. The fraction of sp³-hybridized carbons (Fsp3) is 0.579. The molecule has 0 amide bonds. The molecule has 0 radical (unpaired) electrons. The molecule has 0 aliphatic carbocycles. The summed E-state index contributed by atoms with van der Waals surface area (Å²) >= 11 is 0. The molecule has 1 unspecified atom stereocenters. The first-order valence-corrected chi connectivity index (χ1v) is 9.95. The Morgan fingerprint density at radius 1 is 1.03 bits per heavy atom. The molecular formula is C19H24F3N7O. The first kappa shape index (κ1) is 20.6. The molecular weight excluding hydrogens is 399 g/mol. The molecule has 2 aliphatic rings. The normalized spacial score (nSPS) is 20.3. The van der Waals surface area contributed by atoms with Crippen molar-refractivity contribution in [3.63, 3.8) is 0 Å². The van der Waals surface area contributed by atoms with Crippen LogP contribution in [0.1, 0.15) is 18.5 Å². The van der Waals surface area contributed by atoms with E-state index in [1.54, 1.807) is 11.1 Å². The number of likely N-dealkylation sites (N-methyl/N-ethyl adjacent to an activating group) is 1. The predicted octanol–water partition coefficient (Wildman–Crippen LogP) is 2.23. The summed E-state index contributed by atoms with van der Waals surface area (Å²) in [5.74, 6) is 1.55. The molecule has 11 heteroatoms. The minimum Gasteiger partial charge on any atom is -0.378 e. The maximum atomic E-state index is 13.0. The van der Waals surface area contributed by atoms with Crippen LogP contribution < -0.4 is 14.7 Å². The zero-order valence-electron chi connectivity index (χ0n) is 16.7. The van der Waals surface area contributed by atoms with Gasteiger partial charge in [0.15, 0.2) is 0 Å². The van der Waals surface area contributed by atoms with E-state index in [1.165, 1.54) is 0 Å². The number of morpholine rings is 1. The third-order valence-corrected chi connectivity index (χ3v) is 5.44. The lowest BCUT2D eigenvalue weighted by atomic mass is 10.1. The lowest BCUT2D eigenvalue weighted by molar-refractivity contribution is -0.141. The van der Waals surface area contributed by atoms with Crippen molar-refractivity contribution in [2.45, 2.75) is 25.1 Å². The number of hydrogen-bond acceptors (Lipinski definition) is 8. The van der Waals surface area contributed by atoms with E-state index in [0.29, 0.717) is 32.3 Å². The van der Waals surface area contributed by atoms with Crippen molar-refractivity contribution >= 4 is 17.7 Å². The molecule has 4 heterocycles. The Morgan fingerprint density at radius 2 is 1.80 bits per heavy atom. The number of piperidine rings is 1. The SMILES string of the molecule is CN(c1nccc(N2CCOCC2)n1)C1CCCN(c2nccc(C(F)(F)F)n2)C1. The standard InChI is InChI=1S/C19H24F3N7O/c1-27(17-23-7-5-16(26-17)28-9-11-30-12-10-28)14-3-2-8-29(13-14)18-24-6-4-15(25-18)19(20,21)22/h4-7,14H,2-3,8-13H2,1H3. The van der Waals surface area contributed by atoms with Crippen molar-refractivity contribution in [2.24, 2.45) is 0 Å². The molecule has 0 aromatic carbocycles. The molecule has 2 fully saturated rings. The first-order valence-electron chi connectivity index (χ1n) is 9.95. The molecule has 0 N–H and O–H groups in total. The van der Waals surface area contributed by atoms with Gasteiger partial charge in [-0.3, -0.25) is 0 Å². The van der Waals surface area contributed by atoms with Gasteiger partial charge in [0.05, 0.1) is 13.2 Å². The number of halogens is 3. The highest BCUT2D eigenvalue weighted by atomic mass is 19.4. The van der Waals surface area contributed by atoms with E-state index in [2.05, 4.69) is 19.9 Å². The Hall–Kier alpha value is -2.69. The largest absolute Gasteiger partial charge is 0.433 e. The Morgan fingerprint density at radius 3 is 2.57 bits per heavy atom. The maximum absolute atomic E-state index is 13.0. The Kier molecular flexibility index (Phi) is 5.89. The highest BCUT2D eigenvalue weighted by Gasteiger charge is 2.34. The van der Waals surface area contributed by atoms with E-state index in [-0.39, 0.29) is 12.0 Å². The summed E-state index contributed by atoms with van der Waals surface area (Å²) in [6, 6.07) is 2.81. The number of anilines is 3. The molecule has 4 rings (SSSR count). The van der Waals surface area contributed by atoms with Gasteiger partial charge < -0.3 is 19.4 Å². The Balaban J connectivity index is 1.48. The quantitative estimate of drug-likeness (QED) is 0.742. The molecule has 2 saturated heterocycles. The summed E-state index contributed by atoms with van der Waals surface area (Å²) in [6.07, 6.45) is 0.111. The minimum absolute atomic E-state index is 0.0387. The van der Waals surface area contributed by atoms with Crippen molar-refractivity contribution in [1.82, 2.24) is 19.9 Å². The number of ether oxygens (including phenoxy) is 1. The summed E-state index contributed by atoms with van der Waals surface area (Å²) in [6.45, 7) is 4.02. The summed E-state index contributed by atoms with van der Waals surface area (Å²) in [4.78, 5) is 22.9. The van der Waals surface area contributed by atoms with Gasteiger partial charge in [-0.1, -0.05) is 0 Å². The zero-order valence-corrected chi connectivity index (χ0v) is 16.7. The second-order valence-electron chi connectivity index (χ2n) is 7.41. The van der Waals surface area contributed by atoms with Crippen LogP contribution in [-0.2, 0) is 10.9 Å². The predicted molar refractivity (Wildman–Crippen MR) is 106 cm³/mol. The third kappa shape index (κ3) is 4.55. The van der Waals surface area contributed by atoms with Gasteiger partial charge in [0, 0.05) is 51.7 Å². The Labute approximate surface area is 172 Å². The number of alkyl halides is 3. The molecule has 2 aromatic heterocycles. The molecule has 2 aliphatic heterocycles. The second kappa shape index (κ2) is 8.58. The van der Waals surface area contributed by atoms with Crippen molar-refractivity contribution in [3.05, 3.63) is 30.2 Å². The summed E-state index contributed by atoms with van der Waals surface area (Å²) < 4.78 is 44.4. The smallest absolute Gasteiger partial charge is 0.378 e. The Bertz CT molecular complexity index is 860. The maximum Gasteiger partial charge on any atom is 0.433 e. The van der Waals surface area contributed by atoms with Crippen LogP contribution in [0.25, 0.3) is 0 Å². The molecule has 1 atom stereocenters. The van der Waals surface area contributed by atoms with Gasteiger partial charge >= 0.3 is 6.18 Å². The van der Waals surface area contributed by atoms with Crippen molar-refractivity contribution in [2.75, 3.05) is 61.1 Å². The number of nitrogens with zero attached hydrogens (tertiary/aromatic N) is 7. The van der Waals surface area contributed by atoms with Crippen LogP contribution in [0, 0.1) is 0 Å². The third-order valence-electron chi connectivity index (χ3n) is 5.44. The van der Waals surface area contributed by atoms with Crippen LogP contribution in [0.5, 0.6) is 0 Å². The molecule has 30 heavy (non-hydrogen) atoms. The number of hydrogen-bond donors (Lipinski definition) is 0. The van der Waals surface area contributed by atoms with Gasteiger partial charge in [0.25, 0.3) is 0 Å². The molecule has 0 bridgehead atoms. The lowest BCUT2D eigenvalue weighted by Crippen LogP contribution is -2.48. The van der Waals surface area contributed by atoms with Crippen molar-refractivity contribution < 1.29 is 17.9 Å². The summed E-state index contributed by atoms with van der Waals surface area (Å²) in [7, 11) is 1.92. The van der Waals surface area contributed by atoms with Gasteiger partial charge in [-0.25, -0.2) is 15.0 Å². The van der Waals surface area contributed by atoms with Crippen LogP contribution in [0.4, 0.5) is 30.9 Å². The zero-order chi connectivity index (χ0) is 21.1. The second-order valence-corrected chi connectivity index (χ2v) is 7.41. The van der Waals surface area contributed by atoms with Gasteiger partial charge in [0.2, 0.25) is 11.9 Å². The molecule has 0 spiro atoms. The summed E-state index contributed by atoms with van der Waals surface area (Å²) in [5, 5.41) is 0. The monoisotopic (exact) mass is 423 g/mol. The van der Waals surface area contributed by atoms with Crippen LogP contribution >= 0.6 is 0 Å². The fourth-order valence-corrected chi connectivity index (χ4v) is 3.75. The average molecular weight is 423 g/mol. The molecule has 162 valence electrons. The van der Waals surface area contributed by atoms with Crippen molar-refractivity contribution in [3.8, 4) is 0 Å². The van der Waals surface area contributed by atoms with Crippen LogP contribution in [0.2, 0.25) is 0 Å².